The number of aromatic nitrogens is 1. The molecule has 2 aliphatic rings. The quantitative estimate of drug-likeness (QED) is 0.724. The molecule has 0 saturated carbocycles. The van der Waals surface area contributed by atoms with Crippen LogP contribution in [0.3, 0.4) is 0 Å². The summed E-state index contributed by atoms with van der Waals surface area (Å²) < 4.78 is 11.0. The van der Waals surface area contributed by atoms with Gasteiger partial charge in [-0.2, -0.15) is 0 Å². The molecule has 4 rings (SSSR count). The number of nitrogens with zero attached hydrogens (tertiary/aromatic N) is 2. The minimum atomic E-state index is -0.616. The van der Waals surface area contributed by atoms with E-state index in [1.165, 1.54) is 0 Å². The lowest BCUT2D eigenvalue weighted by molar-refractivity contribution is 0.0765. The molecule has 0 aliphatic carbocycles. The van der Waals surface area contributed by atoms with Gasteiger partial charge in [-0.25, -0.2) is 0 Å². The average Bonchev–Trinajstić information content (AvgIpc) is 3.16. The summed E-state index contributed by atoms with van der Waals surface area (Å²) in [6.07, 6.45) is 0.0562. The molecular weight excluding hydrogens is 348 g/mol. The number of nitrogens with one attached hydrogen (secondary N) is 2. The molecule has 1 amide bonds. The van der Waals surface area contributed by atoms with E-state index in [-0.39, 0.29) is 11.9 Å². The molecule has 8 heteroatoms. The number of aliphatic hydroxyl groups is 1. The molecule has 3 N–H and O–H groups in total. The summed E-state index contributed by atoms with van der Waals surface area (Å²) in [6, 6.07) is 9.18. The second-order valence-electron chi connectivity index (χ2n) is 6.82. The SMILES string of the molecule is O=C(N[C@@H]1CCNC[C@H]1O)c1c(N2CCOCC2)noc1-c1ccccc1. The van der Waals surface area contributed by atoms with Crippen LogP contribution in [0.5, 0.6) is 0 Å². The lowest BCUT2D eigenvalue weighted by atomic mass is 10.0. The number of benzene rings is 1. The molecule has 2 atom stereocenters. The minimum absolute atomic E-state index is 0.275. The van der Waals surface area contributed by atoms with E-state index in [1.54, 1.807) is 0 Å². The van der Waals surface area contributed by atoms with Crippen molar-refractivity contribution in [1.82, 2.24) is 15.8 Å². The Balaban J connectivity index is 1.67. The lowest BCUT2D eigenvalue weighted by Gasteiger charge is -2.30. The van der Waals surface area contributed by atoms with Gasteiger partial charge in [-0.15, -0.1) is 0 Å². The molecule has 2 fully saturated rings. The number of amides is 1. The van der Waals surface area contributed by atoms with E-state index < -0.39 is 6.10 Å². The van der Waals surface area contributed by atoms with Gasteiger partial charge in [-0.05, 0) is 13.0 Å². The van der Waals surface area contributed by atoms with Gasteiger partial charge >= 0.3 is 0 Å². The zero-order chi connectivity index (χ0) is 18.6. The third kappa shape index (κ3) is 3.83. The van der Waals surface area contributed by atoms with E-state index in [2.05, 4.69) is 15.8 Å². The van der Waals surface area contributed by atoms with Gasteiger partial charge < -0.3 is 29.9 Å². The van der Waals surface area contributed by atoms with E-state index in [4.69, 9.17) is 9.26 Å². The Labute approximate surface area is 157 Å². The molecule has 2 aromatic rings. The predicted octanol–water partition coefficient (Wildman–Crippen LogP) is 0.631. The molecule has 8 nitrogen and oxygen atoms in total. The molecule has 2 aliphatic heterocycles. The van der Waals surface area contributed by atoms with Crippen molar-refractivity contribution in [3.8, 4) is 11.3 Å². The largest absolute Gasteiger partial charge is 0.390 e. The fraction of sp³-hybridized carbons (Fsp3) is 0.474. The van der Waals surface area contributed by atoms with Gasteiger partial charge in [0.25, 0.3) is 5.91 Å². The minimum Gasteiger partial charge on any atom is -0.390 e. The zero-order valence-corrected chi connectivity index (χ0v) is 15.1. The predicted molar refractivity (Wildman–Crippen MR) is 99.7 cm³/mol. The number of piperidine rings is 1. The summed E-state index contributed by atoms with van der Waals surface area (Å²) in [5.41, 5.74) is 1.20. The van der Waals surface area contributed by atoms with E-state index in [1.807, 2.05) is 35.2 Å². The second-order valence-corrected chi connectivity index (χ2v) is 6.82. The fourth-order valence-electron chi connectivity index (χ4n) is 3.52. The first kappa shape index (κ1) is 18.0. The summed E-state index contributed by atoms with van der Waals surface area (Å²) >= 11 is 0. The highest BCUT2D eigenvalue weighted by Gasteiger charge is 2.32. The Morgan fingerprint density at radius 1 is 1.26 bits per heavy atom. The number of carbonyl (C=O) groups is 1. The van der Waals surface area contributed by atoms with Crippen LogP contribution in [0.25, 0.3) is 11.3 Å². The Kier molecular flexibility index (Phi) is 5.38. The van der Waals surface area contributed by atoms with Crippen molar-refractivity contribution >= 4 is 11.7 Å². The lowest BCUT2D eigenvalue weighted by Crippen LogP contribution is -2.52. The molecule has 0 spiro atoms. The molecular formula is C19H24N4O4. The summed E-state index contributed by atoms with van der Waals surface area (Å²) in [4.78, 5) is 15.2. The summed E-state index contributed by atoms with van der Waals surface area (Å²) in [6.45, 7) is 3.70. The van der Waals surface area contributed by atoms with Gasteiger partial charge in [0.2, 0.25) is 0 Å². The molecule has 2 saturated heterocycles. The van der Waals surface area contributed by atoms with Crippen molar-refractivity contribution in [1.29, 1.82) is 0 Å². The molecule has 144 valence electrons. The Morgan fingerprint density at radius 3 is 2.78 bits per heavy atom. The van der Waals surface area contributed by atoms with Crippen molar-refractivity contribution in [3.63, 3.8) is 0 Å². The number of morpholine rings is 1. The summed E-state index contributed by atoms with van der Waals surface area (Å²) in [7, 11) is 0. The van der Waals surface area contributed by atoms with Gasteiger partial charge in [0.05, 0.1) is 25.4 Å². The highest BCUT2D eigenvalue weighted by Crippen LogP contribution is 2.32. The third-order valence-electron chi connectivity index (χ3n) is 5.01. The van der Waals surface area contributed by atoms with Crippen molar-refractivity contribution in [2.24, 2.45) is 0 Å². The van der Waals surface area contributed by atoms with Gasteiger partial charge in [-0.1, -0.05) is 35.5 Å². The number of rotatable bonds is 4. The number of ether oxygens (including phenoxy) is 1. The molecule has 1 aromatic heterocycles. The van der Waals surface area contributed by atoms with Gasteiger partial charge in [0, 0.05) is 25.2 Å². The standard InChI is InChI=1S/C19H24N4O4/c24-15-12-20-7-6-14(15)21-19(25)16-17(13-4-2-1-3-5-13)27-22-18(16)23-8-10-26-11-9-23/h1-5,14-15,20,24H,6-12H2,(H,21,25)/t14-,15-/m1/s1. The topological polar surface area (TPSA) is 99.9 Å². The maximum Gasteiger partial charge on any atom is 0.259 e. The van der Waals surface area contributed by atoms with Crippen LogP contribution in [-0.2, 0) is 4.74 Å². The highest BCUT2D eigenvalue weighted by atomic mass is 16.5. The number of hydrogen-bond donors (Lipinski definition) is 3. The smallest absolute Gasteiger partial charge is 0.259 e. The van der Waals surface area contributed by atoms with Gasteiger partial charge in [0.15, 0.2) is 11.6 Å². The van der Waals surface area contributed by atoms with Crippen molar-refractivity contribution in [2.45, 2.75) is 18.6 Å². The first-order valence-electron chi connectivity index (χ1n) is 9.31. The molecule has 0 radical (unpaired) electrons. The Morgan fingerprint density at radius 2 is 2.04 bits per heavy atom. The zero-order valence-electron chi connectivity index (χ0n) is 15.1. The van der Waals surface area contributed by atoms with Gasteiger partial charge in [-0.3, -0.25) is 4.79 Å². The number of anilines is 1. The molecule has 0 bridgehead atoms. The number of β-amino-alcohol motifs (C(OH)–C–C–N with tert-alkyl or cyclic N) is 1. The summed E-state index contributed by atoms with van der Waals surface area (Å²) in [5.74, 6) is 0.693. The second kappa shape index (κ2) is 8.08. The van der Waals surface area contributed by atoms with Crippen LogP contribution in [0.2, 0.25) is 0 Å². The maximum atomic E-state index is 13.2. The first-order valence-corrected chi connectivity index (χ1v) is 9.31. The molecule has 1 aromatic carbocycles. The number of aliphatic hydroxyl groups excluding tert-OH is 1. The van der Waals surface area contributed by atoms with Crippen LogP contribution in [0.1, 0.15) is 16.8 Å². The van der Waals surface area contributed by atoms with Crippen LogP contribution in [0.4, 0.5) is 5.82 Å². The van der Waals surface area contributed by atoms with Crippen LogP contribution in [-0.4, -0.2) is 67.7 Å². The number of carbonyl (C=O) groups excluding carboxylic acids is 1. The van der Waals surface area contributed by atoms with E-state index in [0.29, 0.717) is 56.4 Å². The molecule has 0 unspecified atom stereocenters. The fourth-order valence-corrected chi connectivity index (χ4v) is 3.52. The molecule has 3 heterocycles. The van der Waals surface area contributed by atoms with Crippen molar-refractivity contribution in [3.05, 3.63) is 35.9 Å². The van der Waals surface area contributed by atoms with E-state index in [0.717, 1.165) is 12.1 Å². The van der Waals surface area contributed by atoms with Gasteiger partial charge in [0.1, 0.15) is 5.56 Å². The Bertz CT molecular complexity index is 773. The monoisotopic (exact) mass is 372 g/mol. The van der Waals surface area contributed by atoms with Crippen molar-refractivity contribution in [2.75, 3.05) is 44.3 Å². The van der Waals surface area contributed by atoms with Crippen LogP contribution in [0, 0.1) is 0 Å². The van der Waals surface area contributed by atoms with Crippen LogP contribution in [0.15, 0.2) is 34.9 Å². The third-order valence-corrected chi connectivity index (χ3v) is 5.01. The normalized spacial score (nSPS) is 23.2. The Hall–Kier alpha value is -2.42. The summed E-state index contributed by atoms with van der Waals surface area (Å²) in [5, 5.41) is 20.5. The number of hydrogen-bond acceptors (Lipinski definition) is 7. The maximum absolute atomic E-state index is 13.2. The van der Waals surface area contributed by atoms with E-state index >= 15 is 0 Å². The first-order chi connectivity index (χ1) is 13.2. The van der Waals surface area contributed by atoms with E-state index in [9.17, 15) is 9.90 Å². The van der Waals surface area contributed by atoms with Crippen molar-refractivity contribution < 1.29 is 19.2 Å². The average molecular weight is 372 g/mol. The highest BCUT2D eigenvalue weighted by molar-refractivity contribution is 6.04. The molecule has 27 heavy (non-hydrogen) atoms. The van der Waals surface area contributed by atoms with Crippen LogP contribution < -0.4 is 15.5 Å². The van der Waals surface area contributed by atoms with Crippen LogP contribution >= 0.6 is 0 Å².